The largest absolute Gasteiger partial charge is 0.480 e. The van der Waals surface area contributed by atoms with Crippen LogP contribution in [0.15, 0.2) is 48.6 Å². The fraction of sp³-hybridized carbons (Fsp3) is 0.767. The maximum atomic E-state index is 12.6. The van der Waals surface area contributed by atoms with Gasteiger partial charge in [-0.15, -0.1) is 0 Å². The molecule has 3 atom stereocenters. The van der Waals surface area contributed by atoms with Crippen LogP contribution in [-0.2, 0) is 32.7 Å². The van der Waals surface area contributed by atoms with Gasteiger partial charge >= 0.3 is 19.8 Å². The van der Waals surface area contributed by atoms with E-state index in [1.54, 1.807) is 0 Å². The highest BCUT2D eigenvalue weighted by Gasteiger charge is 2.27. The van der Waals surface area contributed by atoms with Gasteiger partial charge in [-0.1, -0.05) is 146 Å². The first kappa shape index (κ1) is 51.9. The lowest BCUT2D eigenvalue weighted by molar-refractivity contribution is -0.154. The Bertz CT molecular complexity index is 1050. The van der Waals surface area contributed by atoms with Crippen LogP contribution in [0.25, 0.3) is 0 Å². The number of phosphoric acid groups is 1. The first-order valence-electron chi connectivity index (χ1n) is 21.2. The lowest BCUT2D eigenvalue weighted by atomic mass is 10.1. The molecule has 54 heavy (non-hydrogen) atoms. The molecule has 0 aliphatic carbocycles. The molecule has 0 aliphatic rings. The lowest BCUT2D eigenvalue weighted by Crippen LogP contribution is -2.34. The maximum absolute atomic E-state index is 12.6. The molecular formula is C43H78NO9P. The summed E-state index contributed by atoms with van der Waals surface area (Å²) in [5, 5.41) is 8.88. The topological polar surface area (TPSA) is 155 Å². The van der Waals surface area contributed by atoms with Crippen LogP contribution in [0.1, 0.15) is 174 Å². The molecule has 0 bridgehead atoms. The average Bonchev–Trinajstić information content (AvgIpc) is 3.15. The van der Waals surface area contributed by atoms with Crippen LogP contribution in [-0.4, -0.2) is 60.5 Å². The Hall–Kier alpha value is -2.07. The summed E-state index contributed by atoms with van der Waals surface area (Å²) in [6.45, 7) is 3.76. The van der Waals surface area contributed by atoms with Gasteiger partial charge in [0.2, 0.25) is 0 Å². The van der Waals surface area contributed by atoms with Crippen molar-refractivity contribution in [2.24, 2.45) is 5.73 Å². The number of esters is 1. The van der Waals surface area contributed by atoms with Crippen molar-refractivity contribution in [3.63, 3.8) is 0 Å². The summed E-state index contributed by atoms with van der Waals surface area (Å²) in [5.41, 5.74) is 5.35. The van der Waals surface area contributed by atoms with Gasteiger partial charge in [0.05, 0.1) is 19.8 Å². The third-order valence-electron chi connectivity index (χ3n) is 8.81. The Labute approximate surface area is 329 Å². The fourth-order valence-electron chi connectivity index (χ4n) is 5.49. The monoisotopic (exact) mass is 784 g/mol. The van der Waals surface area contributed by atoms with E-state index in [-0.39, 0.29) is 13.0 Å². The van der Waals surface area contributed by atoms with E-state index < -0.39 is 45.1 Å². The predicted octanol–water partition coefficient (Wildman–Crippen LogP) is 11.5. The molecule has 0 aromatic carbocycles. The van der Waals surface area contributed by atoms with E-state index in [4.69, 9.17) is 29.4 Å². The van der Waals surface area contributed by atoms with E-state index in [0.717, 1.165) is 77.0 Å². The highest BCUT2D eigenvalue weighted by molar-refractivity contribution is 7.47. The molecule has 0 spiro atoms. The minimum Gasteiger partial charge on any atom is -0.480 e. The molecule has 10 nitrogen and oxygen atoms in total. The number of phosphoric ester groups is 1. The first-order chi connectivity index (χ1) is 26.2. The number of allylic oxidation sites excluding steroid dienone is 8. The zero-order chi connectivity index (χ0) is 39.8. The number of carboxylic acid groups (broad SMARTS) is 1. The average molecular weight is 784 g/mol. The van der Waals surface area contributed by atoms with Crippen LogP contribution in [0.2, 0.25) is 0 Å². The number of rotatable bonds is 40. The molecule has 4 N–H and O–H groups in total. The van der Waals surface area contributed by atoms with E-state index in [9.17, 15) is 19.0 Å². The van der Waals surface area contributed by atoms with E-state index >= 15 is 0 Å². The number of carboxylic acids is 1. The van der Waals surface area contributed by atoms with Gasteiger partial charge in [0, 0.05) is 13.0 Å². The third kappa shape index (κ3) is 38.2. The van der Waals surface area contributed by atoms with Crippen molar-refractivity contribution in [1.82, 2.24) is 0 Å². The molecule has 0 fully saturated rings. The van der Waals surface area contributed by atoms with Gasteiger partial charge in [0.1, 0.15) is 12.1 Å². The van der Waals surface area contributed by atoms with Crippen LogP contribution in [0.3, 0.4) is 0 Å². The van der Waals surface area contributed by atoms with Crippen LogP contribution in [0.4, 0.5) is 0 Å². The summed E-state index contributed by atoms with van der Waals surface area (Å²) in [5.74, 6) is -1.80. The minimum atomic E-state index is -4.62. The smallest absolute Gasteiger partial charge is 0.472 e. The molecule has 0 saturated heterocycles. The van der Waals surface area contributed by atoms with Crippen molar-refractivity contribution in [1.29, 1.82) is 0 Å². The molecule has 11 heteroatoms. The molecule has 0 radical (unpaired) electrons. The standard InChI is InChI=1S/C43H78NO9P/c1-3-5-7-9-11-13-15-17-18-19-20-21-22-24-26-28-30-32-34-36-50-37-40(38-51-54(48,49)52-39-41(44)43(46)47)53-42(45)35-33-31-29-27-25-23-16-14-12-10-8-6-4-2/h8,10,13-16,18-19,40-41H,3-7,9,11-12,17,20-39,44H2,1-2H3,(H,46,47)(H,48,49)/b10-8-,15-13-,16-14-,19-18-. The molecule has 0 aromatic heterocycles. The van der Waals surface area contributed by atoms with Crippen molar-refractivity contribution in [2.75, 3.05) is 26.4 Å². The number of hydrogen-bond donors (Lipinski definition) is 3. The summed E-state index contributed by atoms with van der Waals surface area (Å²) in [4.78, 5) is 33.5. The number of hydrogen-bond acceptors (Lipinski definition) is 8. The molecule has 0 aromatic rings. The van der Waals surface area contributed by atoms with Gasteiger partial charge in [-0.2, -0.15) is 0 Å². The summed E-state index contributed by atoms with van der Waals surface area (Å²) in [7, 11) is -4.62. The zero-order valence-corrected chi connectivity index (χ0v) is 35.0. The third-order valence-corrected chi connectivity index (χ3v) is 9.76. The van der Waals surface area contributed by atoms with Crippen LogP contribution < -0.4 is 5.73 Å². The van der Waals surface area contributed by atoms with Gasteiger partial charge in [0.15, 0.2) is 0 Å². The molecule has 0 amide bonds. The molecule has 0 saturated carbocycles. The van der Waals surface area contributed by atoms with Crippen molar-refractivity contribution in [3.8, 4) is 0 Å². The highest BCUT2D eigenvalue weighted by Crippen LogP contribution is 2.43. The second-order valence-electron chi connectivity index (χ2n) is 14.1. The SMILES string of the molecule is CCC/C=C\C/C=C\CCCCCCCC(=O)OC(COCCCCCCCCCC/C=C\C/C=C\CCCCCC)COP(=O)(O)OCC(N)C(=O)O. The number of aliphatic carboxylic acids is 1. The summed E-state index contributed by atoms with van der Waals surface area (Å²) in [6.07, 6.45) is 44.5. The summed E-state index contributed by atoms with van der Waals surface area (Å²) in [6, 6.07) is -1.48. The van der Waals surface area contributed by atoms with Crippen LogP contribution in [0, 0.1) is 0 Å². The quantitative estimate of drug-likeness (QED) is 0.0237. The fourth-order valence-corrected chi connectivity index (χ4v) is 6.27. The molecule has 0 rings (SSSR count). The van der Waals surface area contributed by atoms with Gasteiger partial charge < -0.3 is 25.2 Å². The number of carbonyl (C=O) groups excluding carboxylic acids is 1. The van der Waals surface area contributed by atoms with Crippen LogP contribution >= 0.6 is 7.82 Å². The zero-order valence-electron chi connectivity index (χ0n) is 34.1. The molecular weight excluding hydrogens is 705 g/mol. The van der Waals surface area contributed by atoms with Crippen molar-refractivity contribution < 1.29 is 42.7 Å². The second-order valence-corrected chi connectivity index (χ2v) is 15.6. The second kappa shape index (κ2) is 39.2. The van der Waals surface area contributed by atoms with E-state index in [0.29, 0.717) is 13.0 Å². The van der Waals surface area contributed by atoms with Gasteiger partial charge in [-0.05, 0) is 70.6 Å². The number of carbonyl (C=O) groups is 2. The minimum absolute atomic E-state index is 0.00603. The van der Waals surface area contributed by atoms with Gasteiger partial charge in [-0.25, -0.2) is 4.57 Å². The molecule has 3 unspecified atom stereocenters. The van der Waals surface area contributed by atoms with E-state index in [2.05, 4.69) is 62.5 Å². The van der Waals surface area contributed by atoms with Gasteiger partial charge in [-0.3, -0.25) is 18.6 Å². The van der Waals surface area contributed by atoms with Crippen molar-refractivity contribution in [2.45, 2.75) is 187 Å². The summed E-state index contributed by atoms with van der Waals surface area (Å²) < 4.78 is 33.3. The predicted molar refractivity (Wildman–Crippen MR) is 221 cm³/mol. The van der Waals surface area contributed by atoms with Crippen molar-refractivity contribution >= 4 is 19.8 Å². The maximum Gasteiger partial charge on any atom is 0.472 e. The molecule has 0 heterocycles. The number of ether oxygens (including phenoxy) is 2. The summed E-state index contributed by atoms with van der Waals surface area (Å²) >= 11 is 0. The number of unbranched alkanes of at least 4 members (excludes halogenated alkanes) is 18. The Morgan fingerprint density at radius 2 is 1.06 bits per heavy atom. The Balaban J connectivity index is 4.25. The van der Waals surface area contributed by atoms with E-state index in [1.165, 1.54) is 70.6 Å². The van der Waals surface area contributed by atoms with Crippen molar-refractivity contribution in [3.05, 3.63) is 48.6 Å². The molecule has 0 aliphatic heterocycles. The Morgan fingerprint density at radius 1 is 0.593 bits per heavy atom. The van der Waals surface area contributed by atoms with Crippen LogP contribution in [0.5, 0.6) is 0 Å². The Morgan fingerprint density at radius 3 is 1.57 bits per heavy atom. The highest BCUT2D eigenvalue weighted by atomic mass is 31.2. The number of nitrogens with two attached hydrogens (primary N) is 1. The first-order valence-corrected chi connectivity index (χ1v) is 22.7. The Kier molecular flexibility index (Phi) is 37.7. The van der Waals surface area contributed by atoms with Gasteiger partial charge in [0.25, 0.3) is 0 Å². The molecule has 314 valence electrons. The normalized spacial score (nSPS) is 14.4. The lowest BCUT2D eigenvalue weighted by Gasteiger charge is -2.20. The van der Waals surface area contributed by atoms with E-state index in [1.807, 2.05) is 0 Å².